The minimum Gasteiger partial charge on any atom is -0.314 e. The van der Waals surface area contributed by atoms with Crippen molar-refractivity contribution in [3.63, 3.8) is 0 Å². The summed E-state index contributed by atoms with van der Waals surface area (Å²) in [7, 11) is 0. The quantitative estimate of drug-likeness (QED) is 0.514. The maximum absolute atomic E-state index is 3.76. The SMILES string of the molecule is C(CCCCNC1CCCCC1)CCCNC1CCCCC1. The standard InChI is InChI=1S/C20H40N2/c1(3-11-17-21-19-13-7-5-8-14-19)2-4-12-18-22-20-15-9-6-10-16-20/h19-22H,1-18H2. The third-order valence-corrected chi connectivity index (χ3v) is 5.68. The second-order valence-corrected chi connectivity index (χ2v) is 7.70. The van der Waals surface area contributed by atoms with Crippen LogP contribution in [0.25, 0.3) is 0 Å². The highest BCUT2D eigenvalue weighted by molar-refractivity contribution is 4.72. The van der Waals surface area contributed by atoms with Gasteiger partial charge in [0.25, 0.3) is 0 Å². The highest BCUT2D eigenvalue weighted by Gasteiger charge is 2.12. The average Bonchev–Trinajstić information content (AvgIpc) is 2.58. The molecule has 0 aromatic carbocycles. The molecule has 0 aromatic heterocycles. The van der Waals surface area contributed by atoms with E-state index in [4.69, 9.17) is 0 Å². The molecule has 2 aliphatic carbocycles. The van der Waals surface area contributed by atoms with Gasteiger partial charge in [-0.1, -0.05) is 64.2 Å². The summed E-state index contributed by atoms with van der Waals surface area (Å²) in [4.78, 5) is 0. The van der Waals surface area contributed by atoms with Crippen molar-refractivity contribution in [2.75, 3.05) is 13.1 Å². The maximum atomic E-state index is 3.76. The fraction of sp³-hybridized carbons (Fsp3) is 1.00. The molecular weight excluding hydrogens is 268 g/mol. The Balaban J connectivity index is 1.28. The van der Waals surface area contributed by atoms with Crippen LogP contribution in [0.3, 0.4) is 0 Å². The zero-order valence-corrected chi connectivity index (χ0v) is 14.9. The molecule has 0 spiro atoms. The van der Waals surface area contributed by atoms with E-state index in [9.17, 15) is 0 Å². The first-order valence-corrected chi connectivity index (χ1v) is 10.4. The summed E-state index contributed by atoms with van der Waals surface area (Å²) >= 11 is 0. The molecule has 0 heterocycles. The highest BCUT2D eigenvalue weighted by Crippen LogP contribution is 2.18. The molecule has 0 amide bonds. The second kappa shape index (κ2) is 12.4. The Morgan fingerprint density at radius 3 is 1.23 bits per heavy atom. The lowest BCUT2D eigenvalue weighted by atomic mass is 9.95. The molecule has 0 atom stereocenters. The molecule has 130 valence electrons. The van der Waals surface area contributed by atoms with Crippen molar-refractivity contribution in [3.05, 3.63) is 0 Å². The Labute approximate surface area is 139 Å². The Bertz CT molecular complexity index is 216. The van der Waals surface area contributed by atoms with Crippen molar-refractivity contribution in [3.8, 4) is 0 Å². The van der Waals surface area contributed by atoms with Gasteiger partial charge in [-0.25, -0.2) is 0 Å². The van der Waals surface area contributed by atoms with Crippen LogP contribution in [0, 0.1) is 0 Å². The van der Waals surface area contributed by atoms with Crippen LogP contribution in [0.1, 0.15) is 103 Å². The van der Waals surface area contributed by atoms with Crippen molar-refractivity contribution in [1.29, 1.82) is 0 Å². The number of hydrogen-bond acceptors (Lipinski definition) is 2. The van der Waals surface area contributed by atoms with Crippen molar-refractivity contribution >= 4 is 0 Å². The summed E-state index contributed by atoms with van der Waals surface area (Å²) in [5, 5.41) is 7.52. The zero-order valence-electron chi connectivity index (χ0n) is 14.9. The van der Waals surface area contributed by atoms with E-state index < -0.39 is 0 Å². The van der Waals surface area contributed by atoms with Gasteiger partial charge in [-0.05, 0) is 51.6 Å². The lowest BCUT2D eigenvalue weighted by Gasteiger charge is -2.23. The summed E-state index contributed by atoms with van der Waals surface area (Å²) in [5.74, 6) is 0. The van der Waals surface area contributed by atoms with Gasteiger partial charge in [0, 0.05) is 12.1 Å². The van der Waals surface area contributed by atoms with E-state index in [0.29, 0.717) is 0 Å². The van der Waals surface area contributed by atoms with Gasteiger partial charge in [-0.3, -0.25) is 0 Å². The maximum Gasteiger partial charge on any atom is 0.00670 e. The first-order valence-electron chi connectivity index (χ1n) is 10.4. The van der Waals surface area contributed by atoms with Crippen LogP contribution >= 0.6 is 0 Å². The molecule has 22 heavy (non-hydrogen) atoms. The molecule has 0 aliphatic heterocycles. The van der Waals surface area contributed by atoms with Crippen LogP contribution in [0.4, 0.5) is 0 Å². The Morgan fingerprint density at radius 2 is 0.818 bits per heavy atom. The molecule has 0 aromatic rings. The van der Waals surface area contributed by atoms with E-state index in [1.54, 1.807) is 0 Å². The first kappa shape index (κ1) is 18.3. The molecule has 2 nitrogen and oxygen atoms in total. The minimum atomic E-state index is 0.847. The van der Waals surface area contributed by atoms with Crippen molar-refractivity contribution in [2.45, 2.75) is 115 Å². The summed E-state index contributed by atoms with van der Waals surface area (Å²) in [6.45, 7) is 2.52. The molecule has 2 saturated carbocycles. The van der Waals surface area contributed by atoms with E-state index in [2.05, 4.69) is 10.6 Å². The third kappa shape index (κ3) is 8.53. The van der Waals surface area contributed by atoms with Gasteiger partial charge in [0.1, 0.15) is 0 Å². The Morgan fingerprint density at radius 1 is 0.455 bits per heavy atom. The summed E-state index contributed by atoms with van der Waals surface area (Å²) in [5.41, 5.74) is 0. The van der Waals surface area contributed by atoms with Gasteiger partial charge >= 0.3 is 0 Å². The zero-order chi connectivity index (χ0) is 15.3. The van der Waals surface area contributed by atoms with Gasteiger partial charge in [-0.15, -0.1) is 0 Å². The first-order chi connectivity index (χ1) is 10.9. The Kier molecular flexibility index (Phi) is 10.3. The summed E-state index contributed by atoms with van der Waals surface area (Å²) < 4.78 is 0. The van der Waals surface area contributed by atoms with Gasteiger partial charge in [-0.2, -0.15) is 0 Å². The number of nitrogens with one attached hydrogen (secondary N) is 2. The second-order valence-electron chi connectivity index (χ2n) is 7.70. The normalized spacial score (nSPS) is 21.3. The highest BCUT2D eigenvalue weighted by atomic mass is 14.9. The van der Waals surface area contributed by atoms with Crippen LogP contribution in [0.2, 0.25) is 0 Å². The Hall–Kier alpha value is -0.0800. The van der Waals surface area contributed by atoms with E-state index in [1.807, 2.05) is 0 Å². The van der Waals surface area contributed by atoms with E-state index in [0.717, 1.165) is 12.1 Å². The molecule has 0 saturated heterocycles. The fourth-order valence-electron chi connectivity index (χ4n) is 4.18. The van der Waals surface area contributed by atoms with Gasteiger partial charge in [0.15, 0.2) is 0 Å². The molecule has 2 fully saturated rings. The lowest BCUT2D eigenvalue weighted by molar-refractivity contribution is 0.366. The smallest absolute Gasteiger partial charge is 0.00670 e. The predicted octanol–water partition coefficient (Wildman–Crippen LogP) is 5.17. The molecule has 0 bridgehead atoms. The molecular formula is C20H40N2. The van der Waals surface area contributed by atoms with Crippen LogP contribution in [0.15, 0.2) is 0 Å². The summed E-state index contributed by atoms with van der Waals surface area (Å²) in [6.07, 6.45) is 22.9. The average molecular weight is 309 g/mol. The largest absolute Gasteiger partial charge is 0.314 e. The fourth-order valence-corrected chi connectivity index (χ4v) is 4.18. The molecule has 2 heteroatoms. The van der Waals surface area contributed by atoms with Gasteiger partial charge in [0.05, 0.1) is 0 Å². The van der Waals surface area contributed by atoms with E-state index in [1.165, 1.54) is 116 Å². The number of rotatable bonds is 11. The van der Waals surface area contributed by atoms with E-state index in [-0.39, 0.29) is 0 Å². The molecule has 2 N–H and O–H groups in total. The number of hydrogen-bond donors (Lipinski definition) is 2. The third-order valence-electron chi connectivity index (χ3n) is 5.68. The topological polar surface area (TPSA) is 24.1 Å². The van der Waals surface area contributed by atoms with Crippen molar-refractivity contribution in [2.24, 2.45) is 0 Å². The molecule has 0 radical (unpaired) electrons. The van der Waals surface area contributed by atoms with Crippen LogP contribution in [-0.4, -0.2) is 25.2 Å². The predicted molar refractivity (Wildman–Crippen MR) is 97.5 cm³/mol. The van der Waals surface area contributed by atoms with Crippen LogP contribution in [-0.2, 0) is 0 Å². The summed E-state index contributed by atoms with van der Waals surface area (Å²) in [6, 6.07) is 1.69. The van der Waals surface area contributed by atoms with Gasteiger partial charge in [0.2, 0.25) is 0 Å². The monoisotopic (exact) mass is 308 g/mol. The minimum absolute atomic E-state index is 0.847. The molecule has 0 unspecified atom stereocenters. The van der Waals surface area contributed by atoms with Crippen molar-refractivity contribution in [1.82, 2.24) is 10.6 Å². The van der Waals surface area contributed by atoms with Gasteiger partial charge < -0.3 is 10.6 Å². The van der Waals surface area contributed by atoms with Crippen molar-refractivity contribution < 1.29 is 0 Å². The lowest BCUT2D eigenvalue weighted by Crippen LogP contribution is -2.31. The molecule has 2 rings (SSSR count). The van der Waals surface area contributed by atoms with E-state index >= 15 is 0 Å². The van der Waals surface area contributed by atoms with Crippen LogP contribution in [0.5, 0.6) is 0 Å². The van der Waals surface area contributed by atoms with Crippen LogP contribution < -0.4 is 10.6 Å². The molecule has 2 aliphatic rings. The number of unbranched alkanes of at least 4 members (excludes halogenated alkanes) is 5.